The van der Waals surface area contributed by atoms with Crippen molar-refractivity contribution >= 4 is 26.4 Å². The molecule has 0 bridgehead atoms. The van der Waals surface area contributed by atoms with Gasteiger partial charge in [-0.3, -0.25) is 4.79 Å². The molecule has 0 heterocycles. The molecule has 3 atom stereocenters. The zero-order valence-corrected chi connectivity index (χ0v) is 21.5. The molecule has 0 aliphatic rings. The van der Waals surface area contributed by atoms with Crippen LogP contribution in [0, 0.1) is 5.92 Å². The smallest absolute Gasteiger partial charge is 0.408 e. The van der Waals surface area contributed by atoms with E-state index in [9.17, 15) is 19.3 Å². The third kappa shape index (κ3) is 12.1. The van der Waals surface area contributed by atoms with E-state index in [2.05, 4.69) is 5.32 Å². The van der Waals surface area contributed by atoms with Gasteiger partial charge in [-0.1, -0.05) is 74.0 Å². The molecule has 0 aliphatic carbocycles. The van der Waals surface area contributed by atoms with Gasteiger partial charge in [0.1, 0.15) is 19.3 Å². The van der Waals surface area contributed by atoms with Crippen molar-refractivity contribution in [2.24, 2.45) is 5.92 Å². The second-order valence-corrected chi connectivity index (χ2v) is 9.34. The van der Waals surface area contributed by atoms with E-state index in [0.29, 0.717) is 6.42 Å². The molecule has 0 saturated heterocycles. The van der Waals surface area contributed by atoms with Crippen LogP contribution in [-0.4, -0.2) is 48.8 Å². The first kappa shape index (κ1) is 29.2. The van der Waals surface area contributed by atoms with Crippen LogP contribution >= 0.6 is 8.38 Å². The largest absolute Gasteiger partial charge is 0.464 e. The number of carbonyl (C=O) groups excluding carboxylic acids is 3. The second kappa shape index (κ2) is 16.6. The van der Waals surface area contributed by atoms with Crippen molar-refractivity contribution in [3.63, 3.8) is 0 Å². The fraction of sp³-hybridized carbons (Fsp3) is 0.423. The normalized spacial score (nSPS) is 13.2. The molecule has 196 valence electrons. The minimum Gasteiger partial charge on any atom is -0.464 e. The van der Waals surface area contributed by atoms with Gasteiger partial charge >= 0.3 is 18.0 Å². The van der Waals surface area contributed by atoms with Gasteiger partial charge < -0.3 is 28.9 Å². The van der Waals surface area contributed by atoms with Crippen molar-refractivity contribution in [3.8, 4) is 0 Å². The number of hydrogen-bond donors (Lipinski definition) is 2. The van der Waals surface area contributed by atoms with Crippen LogP contribution in [0.2, 0.25) is 0 Å². The Morgan fingerprint density at radius 3 is 2.03 bits per heavy atom. The zero-order valence-electron chi connectivity index (χ0n) is 20.6. The Morgan fingerprint density at radius 1 is 0.889 bits per heavy atom. The van der Waals surface area contributed by atoms with Gasteiger partial charge in [-0.2, -0.15) is 0 Å². The van der Waals surface area contributed by atoms with Crippen molar-refractivity contribution in [2.45, 2.75) is 45.4 Å². The average Bonchev–Trinajstić information content (AvgIpc) is 2.88. The molecule has 2 N–H and O–H groups in total. The van der Waals surface area contributed by atoms with Gasteiger partial charge in [0.05, 0.1) is 19.6 Å². The number of amides is 1. The number of alkyl carbamates (subject to hydrolysis) is 1. The van der Waals surface area contributed by atoms with Crippen LogP contribution in [0.1, 0.15) is 37.3 Å². The number of hydrogen-bond acceptors (Lipinski definition) is 8. The molecular formula is C26H34NO8P. The van der Waals surface area contributed by atoms with E-state index in [-0.39, 0.29) is 32.3 Å². The Bertz CT molecular complexity index is 869. The van der Waals surface area contributed by atoms with Gasteiger partial charge in [-0.15, -0.1) is 0 Å². The summed E-state index contributed by atoms with van der Waals surface area (Å²) in [6.07, 6.45) is 0.268. The number of ether oxygens (including phenoxy) is 3. The molecule has 2 aromatic carbocycles. The third-order valence-corrected chi connectivity index (χ3v) is 5.58. The first-order valence-corrected chi connectivity index (χ1v) is 13.4. The molecule has 0 saturated carbocycles. The summed E-state index contributed by atoms with van der Waals surface area (Å²) in [6, 6.07) is 16.9. The quantitative estimate of drug-likeness (QED) is 0.203. The van der Waals surface area contributed by atoms with Crippen molar-refractivity contribution in [1.29, 1.82) is 0 Å². The van der Waals surface area contributed by atoms with Gasteiger partial charge in [0, 0.05) is 12.6 Å². The van der Waals surface area contributed by atoms with Crippen LogP contribution in [0.5, 0.6) is 0 Å². The summed E-state index contributed by atoms with van der Waals surface area (Å²) in [6.45, 7) is 3.84. The van der Waals surface area contributed by atoms with Crippen LogP contribution < -0.4 is 5.32 Å². The number of nitrogens with one attached hydrogen (secondary N) is 1. The molecule has 10 heteroatoms. The topological polar surface area (TPSA) is 120 Å². The van der Waals surface area contributed by atoms with E-state index in [4.69, 9.17) is 18.7 Å². The minimum absolute atomic E-state index is 0.00393. The van der Waals surface area contributed by atoms with Crippen molar-refractivity contribution in [1.82, 2.24) is 5.32 Å². The highest BCUT2D eigenvalue weighted by atomic mass is 31.2. The van der Waals surface area contributed by atoms with Crippen molar-refractivity contribution in [3.05, 3.63) is 71.8 Å². The summed E-state index contributed by atoms with van der Waals surface area (Å²) in [4.78, 5) is 47.1. The molecule has 0 aliphatic heterocycles. The summed E-state index contributed by atoms with van der Waals surface area (Å²) in [5.41, 5.74) is 1.57. The fourth-order valence-electron chi connectivity index (χ4n) is 3.20. The summed E-state index contributed by atoms with van der Waals surface area (Å²) >= 11 is 0. The Morgan fingerprint density at radius 2 is 1.47 bits per heavy atom. The summed E-state index contributed by atoms with van der Waals surface area (Å²) in [7, 11) is -1.53. The standard InChI is InChI=1S/C26H34NO8P/c1-3-10-22(19-35-36(2)31)18-33-25(29)23(15-24(28)32-16-20-11-6-4-7-12-20)27-26(30)34-17-21-13-8-5-9-14-21/h4-9,11-14,22-23,31H,3,10,15-19H2,1-2H3,(H,27,30)/t22?,23?,36-/m0/s1. The maximum absolute atomic E-state index is 12.8. The molecule has 0 fully saturated rings. The Hall–Kier alpha value is -3.00. The molecule has 2 unspecified atom stereocenters. The van der Waals surface area contributed by atoms with Crippen LogP contribution in [-0.2, 0) is 41.5 Å². The summed E-state index contributed by atoms with van der Waals surface area (Å²) in [5, 5.41) is 2.42. The first-order valence-electron chi connectivity index (χ1n) is 11.8. The van der Waals surface area contributed by atoms with Gasteiger partial charge in [-0.25, -0.2) is 9.59 Å². The lowest BCUT2D eigenvalue weighted by Crippen LogP contribution is -2.44. The lowest BCUT2D eigenvalue weighted by molar-refractivity contribution is -0.154. The molecule has 0 aromatic heterocycles. The monoisotopic (exact) mass is 519 g/mol. The fourth-order valence-corrected chi connectivity index (χ4v) is 3.63. The number of carbonyl (C=O) groups is 3. The Kier molecular flexibility index (Phi) is 13.5. The first-order chi connectivity index (χ1) is 17.4. The van der Waals surface area contributed by atoms with Crippen LogP contribution in [0.15, 0.2) is 60.7 Å². The van der Waals surface area contributed by atoms with E-state index in [1.807, 2.05) is 55.5 Å². The predicted molar refractivity (Wildman–Crippen MR) is 135 cm³/mol. The van der Waals surface area contributed by atoms with Gasteiger partial charge in [0.2, 0.25) is 0 Å². The molecule has 9 nitrogen and oxygen atoms in total. The van der Waals surface area contributed by atoms with E-state index in [1.165, 1.54) is 0 Å². The van der Waals surface area contributed by atoms with Crippen LogP contribution in [0.3, 0.4) is 0 Å². The minimum atomic E-state index is -1.53. The predicted octanol–water partition coefficient (Wildman–Crippen LogP) is 4.33. The number of benzene rings is 2. The molecule has 0 spiro atoms. The highest BCUT2D eigenvalue weighted by Crippen LogP contribution is 2.27. The molecule has 0 radical (unpaired) electrons. The maximum Gasteiger partial charge on any atom is 0.408 e. The molecule has 36 heavy (non-hydrogen) atoms. The summed E-state index contributed by atoms with van der Waals surface area (Å²) in [5.74, 6) is -1.59. The SMILES string of the molecule is CCCC(COC(=O)C(CC(=O)OCc1ccccc1)NC(=O)OCc1ccccc1)CO[P@@](C)O. The van der Waals surface area contributed by atoms with E-state index < -0.39 is 38.9 Å². The lowest BCUT2D eigenvalue weighted by Gasteiger charge is -2.20. The molecule has 1 amide bonds. The van der Waals surface area contributed by atoms with Crippen LogP contribution in [0.25, 0.3) is 0 Å². The average molecular weight is 520 g/mol. The lowest BCUT2D eigenvalue weighted by atomic mass is 10.1. The highest BCUT2D eigenvalue weighted by Gasteiger charge is 2.28. The molecular weight excluding hydrogens is 485 g/mol. The Labute approximate surface area is 213 Å². The van der Waals surface area contributed by atoms with E-state index in [0.717, 1.165) is 17.5 Å². The molecule has 2 aromatic rings. The Balaban J connectivity index is 1.96. The maximum atomic E-state index is 12.8. The highest BCUT2D eigenvalue weighted by molar-refractivity contribution is 7.45. The number of esters is 2. The number of rotatable bonds is 15. The van der Waals surface area contributed by atoms with Gasteiger partial charge in [-0.05, 0) is 17.5 Å². The third-order valence-electron chi connectivity index (χ3n) is 5.06. The molecule has 2 rings (SSSR count). The van der Waals surface area contributed by atoms with E-state index >= 15 is 0 Å². The zero-order chi connectivity index (χ0) is 26.2. The van der Waals surface area contributed by atoms with Crippen LogP contribution in [0.4, 0.5) is 4.79 Å². The summed E-state index contributed by atoms with van der Waals surface area (Å²) < 4.78 is 21.2. The van der Waals surface area contributed by atoms with Crippen molar-refractivity contribution in [2.75, 3.05) is 19.9 Å². The van der Waals surface area contributed by atoms with Crippen molar-refractivity contribution < 1.29 is 38.0 Å². The van der Waals surface area contributed by atoms with E-state index in [1.54, 1.807) is 18.8 Å². The van der Waals surface area contributed by atoms with Gasteiger partial charge in [0.25, 0.3) is 0 Å². The van der Waals surface area contributed by atoms with Gasteiger partial charge in [0.15, 0.2) is 8.38 Å². The second-order valence-electron chi connectivity index (χ2n) is 8.15.